The molecule has 0 spiro atoms. The number of rotatable bonds is 2. The second kappa shape index (κ2) is 3.86. The Morgan fingerprint density at radius 1 is 1.70 bits per heavy atom. The quantitative estimate of drug-likeness (QED) is 0.518. The molecule has 0 bridgehead atoms. The van der Waals surface area contributed by atoms with Crippen molar-refractivity contribution in [3.63, 3.8) is 0 Å². The second-order valence-electron chi connectivity index (χ2n) is 2.43. The molecule has 0 saturated heterocycles. The number of hydrogen-bond donors (Lipinski definition) is 0. The van der Waals surface area contributed by atoms with Crippen LogP contribution in [0, 0.1) is 0 Å². The minimum Gasteiger partial charge on any atom is -0.0998 e. The van der Waals surface area contributed by atoms with Gasteiger partial charge in [0.2, 0.25) is 0 Å². The topological polar surface area (TPSA) is 0 Å². The molecular formula is C9H11I. The molecule has 54 valence electrons. The van der Waals surface area contributed by atoms with Gasteiger partial charge in [-0.25, -0.2) is 0 Å². The van der Waals surface area contributed by atoms with Gasteiger partial charge in [0.25, 0.3) is 0 Å². The van der Waals surface area contributed by atoms with Crippen molar-refractivity contribution in [2.24, 2.45) is 0 Å². The van der Waals surface area contributed by atoms with Crippen LogP contribution >= 0.6 is 20.7 Å². The highest BCUT2D eigenvalue weighted by Crippen LogP contribution is 2.14. The molecule has 1 aliphatic heterocycles. The zero-order chi connectivity index (χ0) is 7.40. The van der Waals surface area contributed by atoms with E-state index in [0.29, 0.717) is 0 Å². The second-order valence-corrected chi connectivity index (χ2v) is 4.49. The summed E-state index contributed by atoms with van der Waals surface area (Å²) in [5.41, 5.74) is 2.70. The molecule has 0 radical (unpaired) electrons. The van der Waals surface area contributed by atoms with Gasteiger partial charge in [-0.2, -0.15) is 0 Å². The highest BCUT2D eigenvalue weighted by atomic mass is 127. The van der Waals surface area contributed by atoms with E-state index in [1.54, 1.807) is 0 Å². The summed E-state index contributed by atoms with van der Waals surface area (Å²) >= 11 is 0.228. The largest absolute Gasteiger partial charge is 0.0998 e. The van der Waals surface area contributed by atoms with Gasteiger partial charge in [-0.1, -0.05) is 45.0 Å². The minimum absolute atomic E-state index is 0.228. The molecule has 0 aromatic heterocycles. The van der Waals surface area contributed by atoms with E-state index in [1.165, 1.54) is 11.1 Å². The molecule has 0 aromatic rings. The monoisotopic (exact) mass is 246 g/mol. The third kappa shape index (κ3) is 2.60. The molecule has 1 heteroatoms. The number of halogens is 1. The molecule has 0 aliphatic carbocycles. The summed E-state index contributed by atoms with van der Waals surface area (Å²) in [6.07, 6.45) is 5.40. The van der Waals surface area contributed by atoms with E-state index in [4.69, 9.17) is 0 Å². The van der Waals surface area contributed by atoms with E-state index in [9.17, 15) is 0 Å². The van der Waals surface area contributed by atoms with E-state index in [1.807, 2.05) is 0 Å². The van der Waals surface area contributed by atoms with Gasteiger partial charge in [0.15, 0.2) is 0 Å². The Morgan fingerprint density at radius 3 is 3.00 bits per heavy atom. The van der Waals surface area contributed by atoms with Crippen LogP contribution in [0.15, 0.2) is 34.0 Å². The Hall–Kier alpha value is -0.180. The summed E-state index contributed by atoms with van der Waals surface area (Å²) in [6.45, 7) is 5.95. The normalized spacial score (nSPS) is 15.9. The summed E-state index contributed by atoms with van der Waals surface area (Å²) in [4.78, 5) is 0. The van der Waals surface area contributed by atoms with Crippen molar-refractivity contribution in [1.29, 1.82) is 0 Å². The fraction of sp³-hybridized carbons (Fsp3) is 0.222. The zero-order valence-corrected chi connectivity index (χ0v) is 8.26. The maximum atomic E-state index is 3.88. The molecule has 10 heavy (non-hydrogen) atoms. The molecule has 0 saturated carbocycles. The maximum Gasteiger partial charge on any atom is -0.00682 e. The van der Waals surface area contributed by atoms with E-state index in [-0.39, 0.29) is 20.7 Å². The summed E-state index contributed by atoms with van der Waals surface area (Å²) in [5.74, 6) is 0. The van der Waals surface area contributed by atoms with Crippen molar-refractivity contribution in [1.82, 2.24) is 0 Å². The lowest BCUT2D eigenvalue weighted by molar-refractivity contribution is 1.20. The lowest BCUT2D eigenvalue weighted by Gasteiger charge is -2.00. The van der Waals surface area contributed by atoms with Gasteiger partial charge >= 0.3 is 0 Å². The molecule has 0 N–H and O–H groups in total. The van der Waals surface area contributed by atoms with Crippen molar-refractivity contribution in [2.75, 3.05) is 0 Å². The smallest absolute Gasteiger partial charge is 0.00682 e. The van der Waals surface area contributed by atoms with Crippen LogP contribution in [0.3, 0.4) is 0 Å². The SMILES string of the molecule is C=C(C)CC1=CC=CI=C1. The minimum atomic E-state index is 0.228. The van der Waals surface area contributed by atoms with Gasteiger partial charge in [0, 0.05) is 0 Å². The Balaban J connectivity index is 2.58. The summed E-state index contributed by atoms with van der Waals surface area (Å²) in [7, 11) is 0. The summed E-state index contributed by atoms with van der Waals surface area (Å²) in [5, 5.41) is 0. The van der Waals surface area contributed by atoms with Crippen LogP contribution in [-0.2, 0) is 0 Å². The molecule has 0 unspecified atom stereocenters. The number of allylic oxidation sites excluding steroid dienone is 4. The van der Waals surface area contributed by atoms with E-state index >= 15 is 0 Å². The zero-order valence-electron chi connectivity index (χ0n) is 6.10. The lowest BCUT2D eigenvalue weighted by atomic mass is 10.1. The fourth-order valence-corrected chi connectivity index (χ4v) is 2.35. The van der Waals surface area contributed by atoms with Crippen molar-refractivity contribution >= 4 is 24.7 Å². The highest BCUT2D eigenvalue weighted by molar-refractivity contribution is 14.2. The molecular weight excluding hydrogens is 235 g/mol. The standard InChI is InChI=1S/C9H11I/c1-8(2)6-9-4-3-5-10-7-9/h3-5,7H,1,6H2,2H3. The third-order valence-electron chi connectivity index (χ3n) is 1.16. The van der Waals surface area contributed by atoms with Crippen LogP contribution < -0.4 is 0 Å². The molecule has 1 rings (SSSR count). The van der Waals surface area contributed by atoms with E-state index < -0.39 is 0 Å². The van der Waals surface area contributed by atoms with Gasteiger partial charge in [-0.15, -0.1) is 0 Å². The van der Waals surface area contributed by atoms with Crippen LogP contribution in [0.2, 0.25) is 0 Å². The fourth-order valence-electron chi connectivity index (χ4n) is 0.802. The summed E-state index contributed by atoms with van der Waals surface area (Å²) in [6, 6.07) is 0. The lowest BCUT2D eigenvalue weighted by Crippen LogP contribution is -1.84. The van der Waals surface area contributed by atoms with Crippen molar-refractivity contribution in [2.45, 2.75) is 13.3 Å². The van der Waals surface area contributed by atoms with Crippen molar-refractivity contribution in [3.05, 3.63) is 34.0 Å². The average molecular weight is 246 g/mol. The van der Waals surface area contributed by atoms with E-state index in [2.05, 4.69) is 33.7 Å². The van der Waals surface area contributed by atoms with Crippen LogP contribution in [0.1, 0.15) is 13.3 Å². The first-order valence-electron chi connectivity index (χ1n) is 3.24. The van der Waals surface area contributed by atoms with Gasteiger partial charge in [-0.05, 0) is 27.0 Å². The van der Waals surface area contributed by atoms with Crippen LogP contribution in [0.25, 0.3) is 0 Å². The maximum absolute atomic E-state index is 3.88. The number of hydrogen-bond acceptors (Lipinski definition) is 0. The van der Waals surface area contributed by atoms with E-state index in [0.717, 1.165) is 6.42 Å². The molecule has 0 amide bonds. The highest BCUT2D eigenvalue weighted by Gasteiger charge is 1.93. The van der Waals surface area contributed by atoms with Crippen LogP contribution in [0.4, 0.5) is 0 Å². The molecule has 0 aromatic carbocycles. The Morgan fingerprint density at radius 2 is 2.50 bits per heavy atom. The van der Waals surface area contributed by atoms with Gasteiger partial charge < -0.3 is 0 Å². The van der Waals surface area contributed by atoms with Crippen molar-refractivity contribution in [3.8, 4) is 0 Å². The Labute approximate surface area is 72.1 Å². The average Bonchev–Trinajstić information content (AvgIpc) is 1.88. The van der Waals surface area contributed by atoms with Gasteiger partial charge in [-0.3, -0.25) is 0 Å². The van der Waals surface area contributed by atoms with Crippen LogP contribution in [-0.4, -0.2) is 4.01 Å². The first-order valence-corrected chi connectivity index (χ1v) is 5.73. The van der Waals surface area contributed by atoms with Crippen molar-refractivity contribution < 1.29 is 0 Å². The summed E-state index contributed by atoms with van der Waals surface area (Å²) < 4.78 is 4.62. The third-order valence-corrected chi connectivity index (χ3v) is 3.15. The van der Waals surface area contributed by atoms with Gasteiger partial charge in [0.05, 0.1) is 0 Å². The first kappa shape index (κ1) is 7.92. The molecule has 0 fully saturated rings. The molecule has 1 aliphatic rings. The molecule has 0 atom stereocenters. The van der Waals surface area contributed by atoms with Gasteiger partial charge in [0.1, 0.15) is 0 Å². The predicted molar refractivity (Wildman–Crippen MR) is 56.7 cm³/mol. The molecule has 1 heterocycles. The van der Waals surface area contributed by atoms with Crippen LogP contribution in [0.5, 0.6) is 0 Å². The first-order chi connectivity index (χ1) is 4.79. The Kier molecular flexibility index (Phi) is 3.06. The Bertz CT molecular complexity index is 219. The predicted octanol–water partition coefficient (Wildman–Crippen LogP) is 3.18. The molecule has 0 nitrogen and oxygen atoms in total.